The van der Waals surface area contributed by atoms with E-state index in [-0.39, 0.29) is 5.63 Å². The van der Waals surface area contributed by atoms with Crippen LogP contribution >= 0.6 is 15.9 Å². The Kier molecular flexibility index (Phi) is 4.82. The molecule has 0 saturated heterocycles. The van der Waals surface area contributed by atoms with Crippen molar-refractivity contribution < 1.29 is 9.15 Å². The molecule has 23 heavy (non-hydrogen) atoms. The van der Waals surface area contributed by atoms with Gasteiger partial charge in [0.05, 0.1) is 10.9 Å². The predicted octanol–water partition coefficient (Wildman–Crippen LogP) is 5.09. The van der Waals surface area contributed by atoms with E-state index in [1.165, 1.54) is 0 Å². The van der Waals surface area contributed by atoms with Crippen molar-refractivity contribution in [2.75, 3.05) is 0 Å². The predicted molar refractivity (Wildman–Crippen MR) is 95.0 cm³/mol. The van der Waals surface area contributed by atoms with Crippen molar-refractivity contribution in [2.45, 2.75) is 26.4 Å². The monoisotopic (exact) mass is 372 g/mol. The Morgan fingerprint density at radius 3 is 2.65 bits per heavy atom. The van der Waals surface area contributed by atoms with Crippen LogP contribution in [0.15, 0.2) is 62.2 Å². The SMILES string of the molecule is CCCc1c(OCc2ccccc2)c2cc(Br)ccc2oc1=O. The number of ether oxygens (including phenoxy) is 1. The molecular weight excluding hydrogens is 356 g/mol. The molecule has 0 aliphatic heterocycles. The van der Waals surface area contributed by atoms with Gasteiger partial charge in [0, 0.05) is 4.47 Å². The summed E-state index contributed by atoms with van der Waals surface area (Å²) in [5.41, 5.74) is 1.89. The van der Waals surface area contributed by atoms with E-state index >= 15 is 0 Å². The van der Waals surface area contributed by atoms with E-state index < -0.39 is 0 Å². The topological polar surface area (TPSA) is 39.4 Å². The Morgan fingerprint density at radius 2 is 1.91 bits per heavy atom. The summed E-state index contributed by atoms with van der Waals surface area (Å²) < 4.78 is 12.4. The summed E-state index contributed by atoms with van der Waals surface area (Å²) in [4.78, 5) is 12.3. The highest BCUT2D eigenvalue weighted by Crippen LogP contribution is 2.31. The molecule has 3 nitrogen and oxygen atoms in total. The maximum absolute atomic E-state index is 12.3. The van der Waals surface area contributed by atoms with E-state index in [2.05, 4.69) is 15.9 Å². The third-order valence-corrected chi connectivity index (χ3v) is 4.13. The average molecular weight is 373 g/mol. The third kappa shape index (κ3) is 3.48. The van der Waals surface area contributed by atoms with Crippen molar-refractivity contribution in [1.29, 1.82) is 0 Å². The van der Waals surface area contributed by atoms with Crippen LogP contribution in [-0.2, 0) is 13.0 Å². The van der Waals surface area contributed by atoms with Crippen LogP contribution in [0.2, 0.25) is 0 Å². The van der Waals surface area contributed by atoms with Gasteiger partial charge in [-0.1, -0.05) is 59.6 Å². The molecule has 0 unspecified atom stereocenters. The van der Waals surface area contributed by atoms with Gasteiger partial charge in [0.15, 0.2) is 0 Å². The van der Waals surface area contributed by atoms with E-state index in [9.17, 15) is 4.79 Å². The van der Waals surface area contributed by atoms with Gasteiger partial charge in [0.1, 0.15) is 17.9 Å². The molecule has 0 spiro atoms. The maximum atomic E-state index is 12.3. The summed E-state index contributed by atoms with van der Waals surface area (Å²) in [5.74, 6) is 0.628. The van der Waals surface area contributed by atoms with Gasteiger partial charge in [-0.05, 0) is 30.2 Å². The Morgan fingerprint density at radius 1 is 1.13 bits per heavy atom. The van der Waals surface area contributed by atoms with Crippen molar-refractivity contribution in [3.63, 3.8) is 0 Å². The van der Waals surface area contributed by atoms with Crippen LogP contribution in [0.1, 0.15) is 24.5 Å². The number of hydrogen-bond acceptors (Lipinski definition) is 3. The van der Waals surface area contributed by atoms with Crippen LogP contribution in [0, 0.1) is 0 Å². The molecular formula is C19H17BrO3. The van der Waals surface area contributed by atoms with Gasteiger partial charge in [-0.25, -0.2) is 4.79 Å². The summed E-state index contributed by atoms with van der Waals surface area (Å²) in [6.07, 6.45) is 1.49. The molecule has 4 heteroatoms. The Labute approximate surface area is 143 Å². The first-order valence-electron chi connectivity index (χ1n) is 7.61. The number of halogens is 1. The first-order valence-corrected chi connectivity index (χ1v) is 8.40. The number of benzene rings is 2. The fourth-order valence-corrected chi connectivity index (χ4v) is 2.91. The first kappa shape index (κ1) is 15.8. The van der Waals surface area contributed by atoms with Crippen LogP contribution in [0.3, 0.4) is 0 Å². The standard InChI is InChI=1S/C19H17BrO3/c1-2-6-15-18(22-12-13-7-4-3-5-8-13)16-11-14(20)9-10-17(16)23-19(15)21/h3-5,7-11H,2,6,12H2,1H3. The molecule has 0 saturated carbocycles. The molecule has 0 aliphatic rings. The molecule has 0 fully saturated rings. The molecule has 0 aliphatic carbocycles. The lowest BCUT2D eigenvalue weighted by Crippen LogP contribution is -2.11. The van der Waals surface area contributed by atoms with Crippen LogP contribution in [0.4, 0.5) is 0 Å². The molecule has 3 aromatic rings. The zero-order valence-corrected chi connectivity index (χ0v) is 14.4. The molecule has 1 aromatic heterocycles. The highest BCUT2D eigenvalue weighted by molar-refractivity contribution is 9.10. The van der Waals surface area contributed by atoms with E-state index in [4.69, 9.17) is 9.15 Å². The lowest BCUT2D eigenvalue weighted by atomic mass is 10.1. The van der Waals surface area contributed by atoms with E-state index in [1.54, 1.807) is 6.07 Å². The van der Waals surface area contributed by atoms with Crippen molar-refractivity contribution in [1.82, 2.24) is 0 Å². The van der Waals surface area contributed by atoms with Gasteiger partial charge in [0.25, 0.3) is 0 Å². The molecule has 0 amide bonds. The van der Waals surface area contributed by atoms with Crippen LogP contribution in [0.5, 0.6) is 5.75 Å². The quantitative estimate of drug-likeness (QED) is 0.585. The lowest BCUT2D eigenvalue weighted by Gasteiger charge is -2.13. The fraction of sp³-hybridized carbons (Fsp3) is 0.211. The molecule has 1 heterocycles. The fourth-order valence-electron chi connectivity index (χ4n) is 2.55. The minimum atomic E-state index is -0.315. The van der Waals surface area contributed by atoms with E-state index in [0.29, 0.717) is 29.9 Å². The third-order valence-electron chi connectivity index (χ3n) is 3.64. The van der Waals surface area contributed by atoms with Crippen molar-refractivity contribution in [2.24, 2.45) is 0 Å². The van der Waals surface area contributed by atoms with Crippen molar-refractivity contribution >= 4 is 26.9 Å². The lowest BCUT2D eigenvalue weighted by molar-refractivity contribution is 0.303. The number of hydrogen-bond donors (Lipinski definition) is 0. The zero-order valence-electron chi connectivity index (χ0n) is 12.8. The molecule has 3 rings (SSSR count). The van der Waals surface area contributed by atoms with Gasteiger partial charge >= 0.3 is 5.63 Å². The second kappa shape index (κ2) is 7.01. The van der Waals surface area contributed by atoms with Gasteiger partial charge in [-0.2, -0.15) is 0 Å². The van der Waals surface area contributed by atoms with Crippen molar-refractivity contribution in [3.05, 3.63) is 74.6 Å². The van der Waals surface area contributed by atoms with Crippen LogP contribution < -0.4 is 10.4 Å². The summed E-state index contributed by atoms with van der Waals surface area (Å²) in [6.45, 7) is 2.45. The summed E-state index contributed by atoms with van der Waals surface area (Å²) in [5, 5.41) is 0.818. The van der Waals surface area contributed by atoms with Gasteiger partial charge in [-0.15, -0.1) is 0 Å². The second-order valence-electron chi connectivity index (χ2n) is 5.36. The second-order valence-corrected chi connectivity index (χ2v) is 6.28. The van der Waals surface area contributed by atoms with Crippen LogP contribution in [-0.4, -0.2) is 0 Å². The molecule has 118 valence electrons. The van der Waals surface area contributed by atoms with Gasteiger partial charge in [0.2, 0.25) is 0 Å². The minimum absolute atomic E-state index is 0.315. The molecule has 0 atom stereocenters. The normalized spacial score (nSPS) is 10.9. The maximum Gasteiger partial charge on any atom is 0.343 e. The first-order chi connectivity index (χ1) is 11.2. The zero-order chi connectivity index (χ0) is 16.2. The average Bonchev–Trinajstić information content (AvgIpc) is 2.56. The summed E-state index contributed by atoms with van der Waals surface area (Å²) >= 11 is 3.47. The Bertz CT molecular complexity index is 869. The summed E-state index contributed by atoms with van der Waals surface area (Å²) in [7, 11) is 0. The Hall–Kier alpha value is -2.07. The van der Waals surface area contributed by atoms with E-state index in [1.807, 2.05) is 49.4 Å². The smallest absolute Gasteiger partial charge is 0.343 e. The largest absolute Gasteiger partial charge is 0.488 e. The van der Waals surface area contributed by atoms with E-state index in [0.717, 1.165) is 21.8 Å². The summed E-state index contributed by atoms with van der Waals surface area (Å²) in [6, 6.07) is 15.5. The molecule has 0 bridgehead atoms. The minimum Gasteiger partial charge on any atom is -0.488 e. The number of fused-ring (bicyclic) bond motifs is 1. The number of rotatable bonds is 5. The van der Waals surface area contributed by atoms with Crippen LogP contribution in [0.25, 0.3) is 11.0 Å². The molecule has 0 N–H and O–H groups in total. The van der Waals surface area contributed by atoms with Crippen molar-refractivity contribution in [3.8, 4) is 5.75 Å². The molecule has 0 radical (unpaired) electrons. The van der Waals surface area contributed by atoms with Gasteiger partial charge in [-0.3, -0.25) is 0 Å². The van der Waals surface area contributed by atoms with Gasteiger partial charge < -0.3 is 9.15 Å². The molecule has 2 aromatic carbocycles. The highest BCUT2D eigenvalue weighted by atomic mass is 79.9. The Balaban J connectivity index is 2.08. The highest BCUT2D eigenvalue weighted by Gasteiger charge is 2.16.